The van der Waals surface area contributed by atoms with Gasteiger partial charge in [-0.1, -0.05) is 36.4 Å². The third-order valence-electron chi connectivity index (χ3n) is 5.66. The molecule has 1 aliphatic rings. The van der Waals surface area contributed by atoms with Crippen LogP contribution in [0.1, 0.15) is 35.6 Å². The lowest BCUT2D eigenvalue weighted by Crippen LogP contribution is -2.18. The summed E-state index contributed by atoms with van der Waals surface area (Å²) in [6.07, 6.45) is 1.37. The van der Waals surface area contributed by atoms with E-state index in [1.807, 2.05) is 54.6 Å². The van der Waals surface area contributed by atoms with Crippen molar-refractivity contribution in [3.8, 4) is 28.4 Å². The molecule has 1 heterocycles. The molecule has 4 rings (SSSR count). The molecule has 3 aromatic rings. The van der Waals surface area contributed by atoms with Crippen LogP contribution in [-0.4, -0.2) is 35.9 Å². The van der Waals surface area contributed by atoms with Gasteiger partial charge in [-0.2, -0.15) is 0 Å². The van der Waals surface area contributed by atoms with Crippen LogP contribution in [0.3, 0.4) is 0 Å². The lowest BCUT2D eigenvalue weighted by molar-refractivity contribution is 0.184. The van der Waals surface area contributed by atoms with E-state index >= 15 is 0 Å². The van der Waals surface area contributed by atoms with Crippen molar-refractivity contribution in [3.63, 3.8) is 0 Å². The number of sulfonamides is 1. The van der Waals surface area contributed by atoms with Gasteiger partial charge in [0, 0.05) is 24.8 Å². The topological polar surface area (TPSA) is 97.1 Å². The normalized spacial score (nSPS) is 14.6. The predicted octanol–water partition coefficient (Wildman–Crippen LogP) is 4.44. The minimum Gasteiger partial charge on any atom is -0.496 e. The van der Waals surface area contributed by atoms with E-state index in [4.69, 9.17) is 24.1 Å². The maximum atomic E-state index is 11.7. The summed E-state index contributed by atoms with van der Waals surface area (Å²) in [6.45, 7) is 1.30. The van der Waals surface area contributed by atoms with Crippen molar-refractivity contribution in [1.29, 1.82) is 0 Å². The summed E-state index contributed by atoms with van der Waals surface area (Å²) in [5, 5.41) is 5.30. The Morgan fingerprint density at radius 3 is 2.53 bits per heavy atom. The lowest BCUT2D eigenvalue weighted by Gasteiger charge is -2.30. The first-order valence-electron chi connectivity index (χ1n) is 11.1. The smallest absolute Gasteiger partial charge is 0.213 e. The Bertz CT molecular complexity index is 1260. The van der Waals surface area contributed by atoms with E-state index in [1.165, 1.54) is 0 Å². The fraction of sp³-hybridized carbons (Fsp3) is 0.308. The quantitative estimate of drug-likeness (QED) is 0.428. The van der Waals surface area contributed by atoms with Gasteiger partial charge in [-0.25, -0.2) is 13.6 Å². The molecule has 1 aliphatic heterocycles. The van der Waals surface area contributed by atoms with E-state index in [-0.39, 0.29) is 5.75 Å². The Morgan fingerprint density at radius 2 is 1.76 bits per heavy atom. The van der Waals surface area contributed by atoms with Gasteiger partial charge in [0.25, 0.3) is 0 Å². The zero-order valence-electron chi connectivity index (χ0n) is 19.3. The van der Waals surface area contributed by atoms with Crippen LogP contribution in [0.2, 0.25) is 0 Å². The minimum atomic E-state index is -3.68. The first-order valence-corrected chi connectivity index (χ1v) is 12.8. The van der Waals surface area contributed by atoms with Gasteiger partial charge in [-0.05, 0) is 48.2 Å². The van der Waals surface area contributed by atoms with Crippen molar-refractivity contribution < 1.29 is 27.4 Å². The summed E-state index contributed by atoms with van der Waals surface area (Å²) in [5.74, 6) is 1.87. The lowest BCUT2D eigenvalue weighted by atomic mass is 9.88. The number of hydrogen-bond donors (Lipinski definition) is 1. The van der Waals surface area contributed by atoms with Gasteiger partial charge in [-0.15, -0.1) is 0 Å². The van der Waals surface area contributed by atoms with Crippen molar-refractivity contribution in [2.75, 3.05) is 27.4 Å². The molecule has 2 N–H and O–H groups in total. The Kier molecular flexibility index (Phi) is 7.41. The molecule has 34 heavy (non-hydrogen) atoms. The number of fused-ring (bicyclic) bond motifs is 3. The molecule has 1 unspecified atom stereocenters. The van der Waals surface area contributed by atoms with Crippen molar-refractivity contribution in [2.24, 2.45) is 5.14 Å². The van der Waals surface area contributed by atoms with E-state index in [0.29, 0.717) is 30.3 Å². The van der Waals surface area contributed by atoms with Crippen molar-refractivity contribution in [2.45, 2.75) is 24.7 Å². The molecule has 0 saturated carbocycles. The van der Waals surface area contributed by atoms with E-state index in [2.05, 4.69) is 0 Å². The predicted molar refractivity (Wildman–Crippen MR) is 131 cm³/mol. The monoisotopic (exact) mass is 483 g/mol. The van der Waals surface area contributed by atoms with Gasteiger partial charge in [0.05, 0.1) is 25.0 Å². The molecule has 0 aliphatic carbocycles. The first kappa shape index (κ1) is 24.1. The largest absolute Gasteiger partial charge is 0.496 e. The molecule has 180 valence electrons. The number of nitrogens with two attached hydrogens (primary N) is 1. The fourth-order valence-corrected chi connectivity index (χ4v) is 4.81. The molecular weight excluding hydrogens is 454 g/mol. The van der Waals surface area contributed by atoms with Crippen LogP contribution >= 0.6 is 0 Å². The maximum Gasteiger partial charge on any atom is 0.213 e. The van der Waals surface area contributed by atoms with Gasteiger partial charge in [-0.3, -0.25) is 0 Å². The summed E-state index contributed by atoms with van der Waals surface area (Å²) in [4.78, 5) is 0. The molecular formula is C26H29NO6S. The number of hydrogen-bond acceptors (Lipinski definition) is 6. The summed E-state index contributed by atoms with van der Waals surface area (Å²) in [6, 6.07) is 19.0. The van der Waals surface area contributed by atoms with E-state index in [0.717, 1.165) is 40.8 Å². The van der Waals surface area contributed by atoms with Gasteiger partial charge < -0.3 is 18.9 Å². The van der Waals surface area contributed by atoms with Crippen LogP contribution < -0.4 is 19.3 Å². The second-order valence-electron chi connectivity index (χ2n) is 8.18. The number of unbranched alkanes of at least 4 members (excludes halogenated alkanes) is 1. The summed E-state index contributed by atoms with van der Waals surface area (Å²) in [5.41, 5.74) is 4.10. The zero-order chi connectivity index (χ0) is 24.1. The molecule has 8 heteroatoms. The van der Waals surface area contributed by atoms with Gasteiger partial charge in [0.15, 0.2) is 0 Å². The highest BCUT2D eigenvalue weighted by Gasteiger charge is 2.30. The summed E-state index contributed by atoms with van der Waals surface area (Å²) < 4.78 is 46.5. The Balaban J connectivity index is 1.72. The van der Waals surface area contributed by atoms with Crippen molar-refractivity contribution in [3.05, 3.63) is 77.4 Å². The Labute approximate surface area is 200 Å². The molecule has 1 atom stereocenters. The van der Waals surface area contributed by atoms with E-state index in [1.54, 1.807) is 20.3 Å². The number of primary sulfonamides is 1. The fourth-order valence-electron chi connectivity index (χ4n) is 4.17. The average Bonchev–Trinajstić information content (AvgIpc) is 2.82. The third-order valence-corrected chi connectivity index (χ3v) is 6.40. The van der Waals surface area contributed by atoms with E-state index in [9.17, 15) is 8.42 Å². The molecule has 3 aromatic carbocycles. The van der Waals surface area contributed by atoms with Gasteiger partial charge in [0.1, 0.15) is 23.4 Å². The molecule has 0 saturated heterocycles. The van der Waals surface area contributed by atoms with Crippen molar-refractivity contribution >= 4 is 10.0 Å². The van der Waals surface area contributed by atoms with Crippen LogP contribution in [-0.2, 0) is 20.5 Å². The van der Waals surface area contributed by atoms with Crippen molar-refractivity contribution in [1.82, 2.24) is 0 Å². The van der Waals surface area contributed by atoms with Crippen LogP contribution in [0.25, 0.3) is 11.1 Å². The average molecular weight is 484 g/mol. The maximum absolute atomic E-state index is 11.7. The molecule has 7 nitrogen and oxygen atoms in total. The zero-order valence-corrected chi connectivity index (χ0v) is 20.1. The molecule has 0 aromatic heterocycles. The number of methoxy groups -OCH3 is 2. The molecule has 0 amide bonds. The molecule has 0 bridgehead atoms. The Morgan fingerprint density at radius 1 is 0.971 bits per heavy atom. The van der Waals surface area contributed by atoms with Crippen LogP contribution in [0.5, 0.6) is 17.2 Å². The highest BCUT2D eigenvalue weighted by Crippen LogP contribution is 2.49. The minimum absolute atomic E-state index is 0.254. The van der Waals surface area contributed by atoms with E-state index < -0.39 is 16.1 Å². The third kappa shape index (κ3) is 5.52. The highest BCUT2D eigenvalue weighted by molar-refractivity contribution is 7.88. The number of benzene rings is 3. The number of rotatable bonds is 10. The summed E-state index contributed by atoms with van der Waals surface area (Å²) in [7, 11) is -0.373. The molecule has 0 fully saturated rings. The SMILES string of the molecule is COCCCCOc1cccc(C2Oc3cccc(OC)c3-c3ccc(CS(N)(=O)=O)cc32)c1. The molecule has 0 radical (unpaired) electrons. The second-order valence-corrected chi connectivity index (χ2v) is 9.80. The van der Waals surface area contributed by atoms with Crippen LogP contribution in [0.15, 0.2) is 60.7 Å². The number of ether oxygens (including phenoxy) is 4. The van der Waals surface area contributed by atoms with Crippen LogP contribution in [0, 0.1) is 0 Å². The van der Waals surface area contributed by atoms with Gasteiger partial charge in [0.2, 0.25) is 10.0 Å². The standard InChI is InChI=1S/C26H29NO6S/c1-30-13-3-4-14-32-20-8-5-7-19(16-20)26-22-15-18(17-34(27,28)29)11-12-21(22)25-23(31-2)9-6-10-24(25)33-26/h5-12,15-16,26H,3-4,13-14,17H2,1-2H3,(H2,27,28,29). The van der Waals surface area contributed by atoms with Gasteiger partial charge >= 0.3 is 0 Å². The summed E-state index contributed by atoms with van der Waals surface area (Å²) >= 11 is 0. The second kappa shape index (κ2) is 10.5. The first-order chi connectivity index (χ1) is 16.4. The highest BCUT2D eigenvalue weighted by atomic mass is 32.2. The Hall–Kier alpha value is -3.07. The van der Waals surface area contributed by atoms with Crippen LogP contribution in [0.4, 0.5) is 0 Å². The molecule has 0 spiro atoms.